The van der Waals surface area contributed by atoms with E-state index in [1.54, 1.807) is 0 Å². The van der Waals surface area contributed by atoms with E-state index in [0.717, 1.165) is 17.4 Å². The Hall–Kier alpha value is -0.640. The highest BCUT2D eigenvalue weighted by Gasteiger charge is 2.15. The molecule has 80 valence electrons. The van der Waals surface area contributed by atoms with Gasteiger partial charge in [0.1, 0.15) is 5.82 Å². The maximum Gasteiger partial charge on any atom is 0.202 e. The molecule has 0 spiro atoms. The zero-order valence-electron chi connectivity index (χ0n) is 9.59. The van der Waals surface area contributed by atoms with Gasteiger partial charge in [-0.05, 0) is 19.3 Å². The molecule has 3 nitrogen and oxygen atoms in total. The van der Waals surface area contributed by atoms with Crippen molar-refractivity contribution in [2.75, 3.05) is 5.32 Å². The molecule has 4 heteroatoms. The largest absolute Gasteiger partial charge is 0.358 e. The Labute approximate surface area is 90.1 Å². The monoisotopic (exact) mass is 213 g/mol. The van der Waals surface area contributed by atoms with Crippen LogP contribution in [0.25, 0.3) is 0 Å². The van der Waals surface area contributed by atoms with Gasteiger partial charge in [-0.1, -0.05) is 20.8 Å². The van der Waals surface area contributed by atoms with Crippen LogP contribution >= 0.6 is 11.5 Å². The van der Waals surface area contributed by atoms with Crippen LogP contribution < -0.4 is 5.32 Å². The summed E-state index contributed by atoms with van der Waals surface area (Å²) in [6.07, 6.45) is 0.934. The summed E-state index contributed by atoms with van der Waals surface area (Å²) in [7, 11) is 0. The fourth-order valence-corrected chi connectivity index (χ4v) is 1.84. The molecule has 0 unspecified atom stereocenters. The van der Waals surface area contributed by atoms with Gasteiger partial charge in [0.2, 0.25) is 5.13 Å². The molecule has 0 saturated carbocycles. The molecule has 0 aliphatic heterocycles. The van der Waals surface area contributed by atoms with Crippen LogP contribution in [-0.4, -0.2) is 15.4 Å². The fraction of sp³-hybridized carbons (Fsp3) is 0.800. The molecule has 0 aliphatic rings. The number of hydrogen-bond donors (Lipinski definition) is 1. The van der Waals surface area contributed by atoms with Gasteiger partial charge in [0, 0.05) is 24.0 Å². The van der Waals surface area contributed by atoms with E-state index in [0.29, 0.717) is 6.04 Å². The van der Waals surface area contributed by atoms with Gasteiger partial charge in [-0.25, -0.2) is 4.98 Å². The average molecular weight is 213 g/mol. The Bertz CT molecular complexity index is 286. The molecular weight excluding hydrogens is 194 g/mol. The number of rotatable bonds is 3. The van der Waals surface area contributed by atoms with Crippen LogP contribution in [0.1, 0.15) is 40.4 Å². The van der Waals surface area contributed by atoms with Gasteiger partial charge in [-0.2, -0.15) is 4.37 Å². The first-order valence-corrected chi connectivity index (χ1v) is 5.73. The van der Waals surface area contributed by atoms with Crippen molar-refractivity contribution < 1.29 is 0 Å². The van der Waals surface area contributed by atoms with Gasteiger partial charge in [-0.15, -0.1) is 0 Å². The molecule has 1 aromatic rings. The summed E-state index contributed by atoms with van der Waals surface area (Å²) in [5.41, 5.74) is 0.260. The third kappa shape index (κ3) is 4.05. The molecule has 1 aromatic heterocycles. The van der Waals surface area contributed by atoms with Crippen LogP contribution in [0.15, 0.2) is 0 Å². The van der Waals surface area contributed by atoms with E-state index in [1.165, 1.54) is 11.5 Å². The van der Waals surface area contributed by atoms with Crippen molar-refractivity contribution in [2.24, 2.45) is 5.41 Å². The van der Waals surface area contributed by atoms with Crippen LogP contribution in [0.4, 0.5) is 5.13 Å². The minimum atomic E-state index is 0.260. The molecule has 0 atom stereocenters. The van der Waals surface area contributed by atoms with E-state index in [1.807, 2.05) is 0 Å². The van der Waals surface area contributed by atoms with Crippen LogP contribution in [0, 0.1) is 5.41 Å². The van der Waals surface area contributed by atoms with E-state index in [4.69, 9.17) is 0 Å². The first kappa shape index (κ1) is 11.4. The standard InChI is InChI=1S/C10H19N3S/c1-7(2)11-9-12-8(13-14-9)6-10(3,4)5/h7H,6H2,1-5H3,(H,11,12,13). The number of hydrogen-bond acceptors (Lipinski definition) is 4. The average Bonchev–Trinajstić information content (AvgIpc) is 2.30. The summed E-state index contributed by atoms with van der Waals surface area (Å²) < 4.78 is 4.32. The van der Waals surface area contributed by atoms with Crippen molar-refractivity contribution in [3.05, 3.63) is 5.82 Å². The summed E-state index contributed by atoms with van der Waals surface area (Å²) in [5.74, 6) is 0.950. The number of nitrogens with zero attached hydrogens (tertiary/aromatic N) is 2. The van der Waals surface area contributed by atoms with E-state index in [9.17, 15) is 0 Å². The minimum absolute atomic E-state index is 0.260. The van der Waals surface area contributed by atoms with Gasteiger partial charge in [0.15, 0.2) is 0 Å². The van der Waals surface area contributed by atoms with Gasteiger partial charge in [0.25, 0.3) is 0 Å². The summed E-state index contributed by atoms with van der Waals surface area (Å²) in [5, 5.41) is 4.19. The maximum absolute atomic E-state index is 4.43. The molecule has 1 rings (SSSR count). The highest BCUT2D eigenvalue weighted by Crippen LogP contribution is 2.21. The summed E-state index contributed by atoms with van der Waals surface area (Å²) in [6, 6.07) is 0.422. The Morgan fingerprint density at radius 1 is 1.36 bits per heavy atom. The van der Waals surface area contributed by atoms with Crippen molar-refractivity contribution in [3.8, 4) is 0 Å². The quantitative estimate of drug-likeness (QED) is 0.839. The van der Waals surface area contributed by atoms with Crippen molar-refractivity contribution in [1.82, 2.24) is 9.36 Å². The fourth-order valence-electron chi connectivity index (χ4n) is 1.11. The Morgan fingerprint density at radius 2 is 2.00 bits per heavy atom. The van der Waals surface area contributed by atoms with E-state index in [-0.39, 0.29) is 5.41 Å². The lowest BCUT2D eigenvalue weighted by Crippen LogP contribution is -2.11. The molecule has 0 saturated heterocycles. The van der Waals surface area contributed by atoms with Crippen molar-refractivity contribution in [1.29, 1.82) is 0 Å². The van der Waals surface area contributed by atoms with Crippen molar-refractivity contribution in [3.63, 3.8) is 0 Å². The van der Waals surface area contributed by atoms with Gasteiger partial charge >= 0.3 is 0 Å². The molecule has 0 radical (unpaired) electrons. The highest BCUT2D eigenvalue weighted by atomic mass is 32.1. The molecule has 1 N–H and O–H groups in total. The molecular formula is C10H19N3S. The lowest BCUT2D eigenvalue weighted by Gasteiger charge is -2.14. The summed E-state index contributed by atoms with van der Waals surface area (Å²) in [6.45, 7) is 10.8. The Morgan fingerprint density at radius 3 is 2.50 bits per heavy atom. The summed E-state index contributed by atoms with van der Waals surface area (Å²) in [4.78, 5) is 4.43. The molecule has 0 fully saturated rings. The molecule has 0 aliphatic carbocycles. The van der Waals surface area contributed by atoms with E-state index >= 15 is 0 Å². The molecule has 0 aromatic carbocycles. The smallest absolute Gasteiger partial charge is 0.202 e. The maximum atomic E-state index is 4.43. The summed E-state index contributed by atoms with van der Waals surface area (Å²) >= 11 is 1.45. The highest BCUT2D eigenvalue weighted by molar-refractivity contribution is 7.09. The second-order valence-corrected chi connectivity index (χ2v) is 5.80. The minimum Gasteiger partial charge on any atom is -0.358 e. The van der Waals surface area contributed by atoms with Crippen LogP contribution in [0.3, 0.4) is 0 Å². The van der Waals surface area contributed by atoms with E-state index in [2.05, 4.69) is 49.3 Å². The first-order chi connectivity index (χ1) is 6.37. The normalized spacial score (nSPS) is 12.1. The van der Waals surface area contributed by atoms with Gasteiger partial charge < -0.3 is 5.32 Å². The van der Waals surface area contributed by atoms with Gasteiger partial charge in [-0.3, -0.25) is 0 Å². The Balaban J connectivity index is 2.60. The predicted molar refractivity (Wildman–Crippen MR) is 61.8 cm³/mol. The van der Waals surface area contributed by atoms with Crippen molar-refractivity contribution >= 4 is 16.7 Å². The van der Waals surface area contributed by atoms with E-state index < -0.39 is 0 Å². The van der Waals surface area contributed by atoms with Gasteiger partial charge in [0.05, 0.1) is 0 Å². The lowest BCUT2D eigenvalue weighted by atomic mass is 9.92. The zero-order chi connectivity index (χ0) is 10.8. The SMILES string of the molecule is CC(C)Nc1nc(CC(C)(C)C)ns1. The second kappa shape index (κ2) is 4.26. The molecule has 0 amide bonds. The third-order valence-corrected chi connectivity index (χ3v) is 2.25. The van der Waals surface area contributed by atoms with Crippen LogP contribution in [0.5, 0.6) is 0 Å². The molecule has 1 heterocycles. The van der Waals surface area contributed by atoms with Crippen molar-refractivity contribution in [2.45, 2.75) is 47.1 Å². The number of aromatic nitrogens is 2. The third-order valence-electron chi connectivity index (χ3n) is 1.57. The first-order valence-electron chi connectivity index (χ1n) is 4.96. The zero-order valence-corrected chi connectivity index (χ0v) is 10.4. The molecule has 14 heavy (non-hydrogen) atoms. The predicted octanol–water partition coefficient (Wildman–Crippen LogP) is 2.95. The topological polar surface area (TPSA) is 37.8 Å². The second-order valence-electron chi connectivity index (χ2n) is 5.05. The van der Waals surface area contributed by atoms with Crippen LogP contribution in [0.2, 0.25) is 0 Å². The van der Waals surface area contributed by atoms with Crippen LogP contribution in [-0.2, 0) is 6.42 Å². The lowest BCUT2D eigenvalue weighted by molar-refractivity contribution is 0.403. The number of anilines is 1. The Kier molecular flexibility index (Phi) is 3.48. The molecule has 0 bridgehead atoms. The number of nitrogens with one attached hydrogen (secondary N) is 1.